The highest BCUT2D eigenvalue weighted by Crippen LogP contribution is 2.25. The van der Waals surface area contributed by atoms with E-state index in [1.54, 1.807) is 18.2 Å². The fourth-order valence-corrected chi connectivity index (χ4v) is 3.07. The molecule has 0 aromatic carbocycles. The quantitative estimate of drug-likeness (QED) is 0.667. The second kappa shape index (κ2) is 6.55. The number of furan rings is 2. The molecule has 2 aromatic rings. The van der Waals surface area contributed by atoms with Gasteiger partial charge in [0.15, 0.2) is 5.88 Å². The van der Waals surface area contributed by atoms with Crippen LogP contribution >= 0.6 is 0 Å². The van der Waals surface area contributed by atoms with Crippen LogP contribution in [0, 0.1) is 0 Å². The number of nitrogens with zero attached hydrogens (tertiary/aromatic N) is 2. The molecule has 4 amide bonds. The Morgan fingerprint density at radius 1 is 1.12 bits per heavy atom. The standard InChI is InChI=1S/C18H17N3O5/c22-16-14(10-12-5-6-15(26-12)20-7-1-2-8-20)17(23)21(18(24)19-16)11-13-4-3-9-25-13/h3-6,9-10H,1-2,7-8,11H2,(H,19,22,24)/b14-10+. The van der Waals surface area contributed by atoms with Crippen LogP contribution in [0.3, 0.4) is 0 Å². The summed E-state index contributed by atoms with van der Waals surface area (Å²) in [5.74, 6) is 0.111. The Morgan fingerprint density at radius 3 is 2.65 bits per heavy atom. The first-order chi connectivity index (χ1) is 12.6. The first-order valence-electron chi connectivity index (χ1n) is 8.38. The molecule has 2 aromatic heterocycles. The highest BCUT2D eigenvalue weighted by molar-refractivity contribution is 6.30. The number of hydrogen-bond donors (Lipinski definition) is 1. The number of carbonyl (C=O) groups excluding carboxylic acids is 3. The minimum absolute atomic E-state index is 0.0561. The van der Waals surface area contributed by atoms with Crippen LogP contribution in [0.4, 0.5) is 10.7 Å². The molecule has 0 radical (unpaired) electrons. The summed E-state index contributed by atoms with van der Waals surface area (Å²) in [5, 5.41) is 2.17. The van der Waals surface area contributed by atoms with Crippen LogP contribution < -0.4 is 10.2 Å². The fraction of sp³-hybridized carbons (Fsp3) is 0.278. The normalized spacial score (nSPS) is 19.5. The predicted octanol–water partition coefficient (Wildman–Crippen LogP) is 2.13. The van der Waals surface area contributed by atoms with E-state index in [4.69, 9.17) is 8.83 Å². The lowest BCUT2D eigenvalue weighted by Gasteiger charge is -2.25. The average molecular weight is 355 g/mol. The first-order valence-corrected chi connectivity index (χ1v) is 8.38. The fourth-order valence-electron chi connectivity index (χ4n) is 3.07. The monoisotopic (exact) mass is 355 g/mol. The number of amides is 4. The van der Waals surface area contributed by atoms with Crippen molar-refractivity contribution in [3.8, 4) is 0 Å². The molecular formula is C18H17N3O5. The summed E-state index contributed by atoms with van der Waals surface area (Å²) in [6, 6.07) is 6.05. The molecule has 26 heavy (non-hydrogen) atoms. The molecule has 0 unspecified atom stereocenters. The summed E-state index contributed by atoms with van der Waals surface area (Å²) in [6.45, 7) is 1.79. The molecule has 0 atom stereocenters. The zero-order valence-electron chi connectivity index (χ0n) is 13.9. The van der Waals surface area contributed by atoms with E-state index >= 15 is 0 Å². The summed E-state index contributed by atoms with van der Waals surface area (Å²) < 4.78 is 10.9. The molecule has 134 valence electrons. The van der Waals surface area contributed by atoms with Gasteiger partial charge in [-0.25, -0.2) is 4.79 Å². The van der Waals surface area contributed by atoms with Gasteiger partial charge in [-0.05, 0) is 37.1 Å². The Morgan fingerprint density at radius 2 is 1.92 bits per heavy atom. The van der Waals surface area contributed by atoms with Crippen molar-refractivity contribution in [3.05, 3.63) is 47.6 Å². The number of anilines is 1. The van der Waals surface area contributed by atoms with Gasteiger partial charge in [-0.2, -0.15) is 0 Å². The molecule has 0 aliphatic carbocycles. The molecule has 8 heteroatoms. The van der Waals surface area contributed by atoms with Crippen molar-refractivity contribution < 1.29 is 23.2 Å². The van der Waals surface area contributed by atoms with E-state index in [1.165, 1.54) is 12.3 Å². The molecule has 1 N–H and O–H groups in total. The lowest BCUT2D eigenvalue weighted by atomic mass is 10.1. The minimum Gasteiger partial charge on any atom is -0.467 e. The Labute approximate surface area is 149 Å². The van der Waals surface area contributed by atoms with Crippen LogP contribution in [0.2, 0.25) is 0 Å². The number of imide groups is 2. The Hall–Kier alpha value is -3.29. The van der Waals surface area contributed by atoms with Crippen LogP contribution in [-0.4, -0.2) is 35.8 Å². The molecule has 8 nitrogen and oxygen atoms in total. The number of hydrogen-bond acceptors (Lipinski definition) is 6. The number of urea groups is 1. The molecule has 0 bridgehead atoms. The molecular weight excluding hydrogens is 338 g/mol. The Bertz CT molecular complexity index is 875. The zero-order valence-corrected chi connectivity index (χ0v) is 13.9. The zero-order chi connectivity index (χ0) is 18.1. The van der Waals surface area contributed by atoms with E-state index in [-0.39, 0.29) is 12.1 Å². The van der Waals surface area contributed by atoms with E-state index in [9.17, 15) is 14.4 Å². The van der Waals surface area contributed by atoms with Gasteiger partial charge in [0.05, 0.1) is 12.8 Å². The third-order valence-electron chi connectivity index (χ3n) is 4.40. The van der Waals surface area contributed by atoms with Crippen molar-refractivity contribution in [1.82, 2.24) is 10.2 Å². The van der Waals surface area contributed by atoms with Gasteiger partial charge < -0.3 is 13.7 Å². The van der Waals surface area contributed by atoms with Gasteiger partial charge in [0.2, 0.25) is 0 Å². The summed E-state index contributed by atoms with van der Waals surface area (Å²) in [5.41, 5.74) is -0.154. The van der Waals surface area contributed by atoms with Crippen molar-refractivity contribution in [3.63, 3.8) is 0 Å². The van der Waals surface area contributed by atoms with Crippen LogP contribution in [-0.2, 0) is 16.1 Å². The summed E-state index contributed by atoms with van der Waals surface area (Å²) in [4.78, 5) is 39.8. The largest absolute Gasteiger partial charge is 0.467 e. The van der Waals surface area contributed by atoms with E-state index in [0.717, 1.165) is 30.8 Å². The topological polar surface area (TPSA) is 96.0 Å². The molecule has 2 aliphatic rings. The van der Waals surface area contributed by atoms with Crippen molar-refractivity contribution >= 4 is 29.8 Å². The second-order valence-corrected chi connectivity index (χ2v) is 6.16. The van der Waals surface area contributed by atoms with Crippen molar-refractivity contribution in [2.75, 3.05) is 18.0 Å². The van der Waals surface area contributed by atoms with Gasteiger partial charge in [0.1, 0.15) is 17.1 Å². The van der Waals surface area contributed by atoms with E-state index < -0.39 is 17.8 Å². The van der Waals surface area contributed by atoms with E-state index in [0.29, 0.717) is 17.4 Å². The summed E-state index contributed by atoms with van der Waals surface area (Å²) in [6.07, 6.45) is 5.04. The average Bonchev–Trinajstić information content (AvgIpc) is 3.37. The Kier molecular flexibility index (Phi) is 4.08. The van der Waals surface area contributed by atoms with Crippen molar-refractivity contribution in [1.29, 1.82) is 0 Å². The van der Waals surface area contributed by atoms with E-state index in [1.807, 2.05) is 6.07 Å². The smallest absolute Gasteiger partial charge is 0.331 e. The highest BCUT2D eigenvalue weighted by Gasteiger charge is 2.36. The minimum atomic E-state index is -0.772. The lowest BCUT2D eigenvalue weighted by molar-refractivity contribution is -0.130. The van der Waals surface area contributed by atoms with Gasteiger partial charge in [-0.3, -0.25) is 19.8 Å². The third kappa shape index (κ3) is 3.01. The molecule has 4 heterocycles. The van der Waals surface area contributed by atoms with Crippen LogP contribution in [0.25, 0.3) is 6.08 Å². The molecule has 4 rings (SSSR count). The maximum atomic E-state index is 12.6. The maximum absolute atomic E-state index is 12.6. The van der Waals surface area contributed by atoms with Gasteiger partial charge in [0.25, 0.3) is 11.8 Å². The van der Waals surface area contributed by atoms with Crippen LogP contribution in [0.5, 0.6) is 0 Å². The predicted molar refractivity (Wildman–Crippen MR) is 90.9 cm³/mol. The van der Waals surface area contributed by atoms with Gasteiger partial charge in [-0.1, -0.05) is 0 Å². The highest BCUT2D eigenvalue weighted by atomic mass is 16.4. The maximum Gasteiger partial charge on any atom is 0.331 e. The second-order valence-electron chi connectivity index (χ2n) is 6.16. The number of rotatable bonds is 4. The van der Waals surface area contributed by atoms with E-state index in [2.05, 4.69) is 10.2 Å². The number of nitrogens with one attached hydrogen (secondary N) is 1. The van der Waals surface area contributed by atoms with Crippen molar-refractivity contribution in [2.24, 2.45) is 0 Å². The van der Waals surface area contributed by atoms with Gasteiger partial charge >= 0.3 is 6.03 Å². The Balaban J connectivity index is 1.57. The SMILES string of the molecule is O=C1NC(=O)N(Cc2ccco2)C(=O)/C1=C/c1ccc(N2CCCC2)o1. The number of carbonyl (C=O) groups is 3. The van der Waals surface area contributed by atoms with Crippen LogP contribution in [0.1, 0.15) is 24.4 Å². The van der Waals surface area contributed by atoms with Crippen LogP contribution in [0.15, 0.2) is 44.9 Å². The van der Waals surface area contributed by atoms with Gasteiger partial charge in [0, 0.05) is 19.2 Å². The number of barbiturate groups is 1. The molecule has 0 spiro atoms. The first kappa shape index (κ1) is 16.2. The molecule has 2 aliphatic heterocycles. The lowest BCUT2D eigenvalue weighted by Crippen LogP contribution is -2.53. The molecule has 2 saturated heterocycles. The summed E-state index contributed by atoms with van der Waals surface area (Å²) >= 11 is 0. The van der Waals surface area contributed by atoms with Crippen molar-refractivity contribution in [2.45, 2.75) is 19.4 Å². The van der Waals surface area contributed by atoms with Gasteiger partial charge in [-0.15, -0.1) is 0 Å². The molecule has 2 fully saturated rings. The molecule has 0 saturated carbocycles. The third-order valence-corrected chi connectivity index (χ3v) is 4.40. The summed E-state index contributed by atoms with van der Waals surface area (Å²) in [7, 11) is 0.